The predicted octanol–water partition coefficient (Wildman–Crippen LogP) is 6.28. The Morgan fingerprint density at radius 1 is 0.810 bits per heavy atom. The number of nitrogens with one attached hydrogen (secondary N) is 3. The number of imide groups is 1. The van der Waals surface area contributed by atoms with E-state index in [-0.39, 0.29) is 40.3 Å². The molecule has 2 aromatic heterocycles. The van der Waals surface area contributed by atoms with Gasteiger partial charge in [-0.1, -0.05) is 50.8 Å². The van der Waals surface area contributed by atoms with Crippen LogP contribution in [0, 0.1) is 11.8 Å². The maximum Gasteiger partial charge on any atom is 0.269 e. The molecule has 0 radical (unpaired) electrons. The van der Waals surface area contributed by atoms with Gasteiger partial charge in [0.1, 0.15) is 5.65 Å². The molecular formula is C46H59F2N9O5S. The zero-order valence-electron chi connectivity index (χ0n) is 36.0. The minimum Gasteiger partial charge on any atom is -0.372 e. The summed E-state index contributed by atoms with van der Waals surface area (Å²) in [5.41, 5.74) is 1.63. The average Bonchev–Trinajstić information content (AvgIpc) is 3.78. The quantitative estimate of drug-likeness (QED) is 0.154. The average molecular weight is 888 g/mol. The summed E-state index contributed by atoms with van der Waals surface area (Å²) in [7, 11) is -3.73. The van der Waals surface area contributed by atoms with Crippen LogP contribution in [0.1, 0.15) is 94.6 Å². The van der Waals surface area contributed by atoms with E-state index in [1.807, 2.05) is 24.3 Å². The number of aromatic nitrogens is 3. The zero-order chi connectivity index (χ0) is 44.1. The highest BCUT2D eigenvalue weighted by molar-refractivity contribution is 7.89. The van der Waals surface area contributed by atoms with Crippen LogP contribution in [-0.2, 0) is 19.6 Å². The second-order valence-electron chi connectivity index (χ2n) is 17.9. The topological polar surface area (TPSA) is 164 Å². The van der Waals surface area contributed by atoms with Crippen molar-refractivity contribution in [3.05, 3.63) is 82.3 Å². The molecule has 5 aliphatic rings. The lowest BCUT2D eigenvalue weighted by atomic mass is 9.90. The number of anilines is 3. The van der Waals surface area contributed by atoms with Crippen LogP contribution in [0.4, 0.5) is 26.1 Å². The van der Waals surface area contributed by atoms with Gasteiger partial charge in [-0.3, -0.25) is 24.6 Å². The molecule has 6 heterocycles. The molecule has 2 amide bonds. The van der Waals surface area contributed by atoms with Crippen molar-refractivity contribution >= 4 is 50.2 Å². The molecule has 1 saturated carbocycles. The third-order valence-corrected chi connectivity index (χ3v) is 15.4. The van der Waals surface area contributed by atoms with Crippen molar-refractivity contribution in [1.29, 1.82) is 0 Å². The van der Waals surface area contributed by atoms with Crippen molar-refractivity contribution < 1.29 is 26.8 Å². The maximum atomic E-state index is 13.8. The van der Waals surface area contributed by atoms with Crippen LogP contribution in [0.25, 0.3) is 11.0 Å². The van der Waals surface area contributed by atoms with Gasteiger partial charge in [0.2, 0.25) is 27.8 Å². The fourth-order valence-electron chi connectivity index (χ4n) is 9.64. The number of alkyl halides is 2. The van der Waals surface area contributed by atoms with E-state index >= 15 is 0 Å². The number of carbonyl (C=O) groups is 2. The van der Waals surface area contributed by atoms with E-state index in [0.29, 0.717) is 50.1 Å². The van der Waals surface area contributed by atoms with E-state index in [9.17, 15) is 31.6 Å². The fourth-order valence-corrected chi connectivity index (χ4v) is 11.2. The van der Waals surface area contributed by atoms with Crippen LogP contribution >= 0.6 is 0 Å². The van der Waals surface area contributed by atoms with E-state index in [1.165, 1.54) is 36.2 Å². The fraction of sp³-hybridized carbons (Fsp3) is 0.543. The van der Waals surface area contributed by atoms with E-state index in [4.69, 9.17) is 0 Å². The second kappa shape index (κ2) is 19.8. The number of hydrogen-bond acceptors (Lipinski definition) is 11. The molecule has 0 spiro atoms. The monoisotopic (exact) mass is 887 g/mol. The summed E-state index contributed by atoms with van der Waals surface area (Å²) in [5, 5.41) is 5.94. The van der Waals surface area contributed by atoms with Crippen LogP contribution in [-0.4, -0.2) is 109 Å². The van der Waals surface area contributed by atoms with Crippen LogP contribution in [0.2, 0.25) is 0 Å². The molecule has 1 unspecified atom stereocenters. The van der Waals surface area contributed by atoms with Gasteiger partial charge < -0.3 is 20.1 Å². The number of hydrogen-bond donors (Lipinski definition) is 3. The molecule has 4 aromatic rings. The van der Waals surface area contributed by atoms with Crippen molar-refractivity contribution in [3.63, 3.8) is 0 Å². The molecule has 14 nitrogen and oxygen atoms in total. The van der Waals surface area contributed by atoms with E-state index in [0.717, 1.165) is 87.6 Å². The highest BCUT2D eigenvalue weighted by atomic mass is 32.2. The molecule has 63 heavy (non-hydrogen) atoms. The van der Waals surface area contributed by atoms with Crippen LogP contribution in [0.5, 0.6) is 0 Å². The molecule has 9 rings (SSSR count). The molecule has 0 bridgehead atoms. The summed E-state index contributed by atoms with van der Waals surface area (Å²) in [4.78, 5) is 54.2. The lowest BCUT2D eigenvalue weighted by Gasteiger charge is -2.40. The molecule has 3 N–H and O–H groups in total. The number of pyridine rings is 1. The summed E-state index contributed by atoms with van der Waals surface area (Å²) in [6, 6.07) is 16.4. The van der Waals surface area contributed by atoms with Crippen LogP contribution in [0.3, 0.4) is 0 Å². The smallest absolute Gasteiger partial charge is 0.269 e. The standard InChI is InChI=1S/C40H47F2N9O5S.C6H12/c41-36(42)34-22-28-24-43-40(47-37(28)46-39(34)54)44-29-12-16-51(17-13-29)57(55,56)32-3-1-2-31(23-32)50-20-18-48(19-21-50)25-26-10-14-49(15-11-26)30-6-4-27(5-7-30)33-8-9-35(52)45-38(33)53;1-6-4-2-3-5-6/h1-7,22-24,26,29,33,36H,8-21,25H2,(H,45,52,53)(H2,43,44,46,47,54);6H,2-5H2,1H3. The highest BCUT2D eigenvalue weighted by Gasteiger charge is 2.32. The van der Waals surface area contributed by atoms with Gasteiger partial charge in [-0.05, 0) is 85.9 Å². The summed E-state index contributed by atoms with van der Waals surface area (Å²) in [6.07, 6.45) is 8.58. The van der Waals surface area contributed by atoms with Crippen molar-refractivity contribution in [3.8, 4) is 0 Å². The van der Waals surface area contributed by atoms with Gasteiger partial charge in [-0.15, -0.1) is 0 Å². The predicted molar refractivity (Wildman–Crippen MR) is 240 cm³/mol. The number of piperazine rings is 1. The van der Waals surface area contributed by atoms with Crippen molar-refractivity contribution in [1.82, 2.24) is 29.5 Å². The van der Waals surface area contributed by atoms with Gasteiger partial charge in [0.15, 0.2) is 0 Å². The molecule has 338 valence electrons. The molecule has 5 fully saturated rings. The third-order valence-electron chi connectivity index (χ3n) is 13.5. The number of amides is 2. The number of sulfonamides is 1. The first-order valence-electron chi connectivity index (χ1n) is 22.6. The first-order valence-corrected chi connectivity index (χ1v) is 24.0. The molecule has 4 aliphatic heterocycles. The normalized spacial score (nSPS) is 21.4. The number of nitrogens with zero attached hydrogens (tertiary/aromatic N) is 6. The van der Waals surface area contributed by atoms with Crippen LogP contribution < -0.4 is 26.0 Å². The number of H-pyrrole nitrogens is 1. The summed E-state index contributed by atoms with van der Waals surface area (Å²) in [6.45, 7) is 9.41. The number of halogens is 2. The maximum absolute atomic E-state index is 13.8. The highest BCUT2D eigenvalue weighted by Crippen LogP contribution is 2.31. The Bertz CT molecular complexity index is 2390. The number of benzene rings is 2. The molecule has 2 aromatic carbocycles. The van der Waals surface area contributed by atoms with E-state index in [1.54, 1.807) is 12.1 Å². The van der Waals surface area contributed by atoms with Crippen LogP contribution in [0.15, 0.2) is 70.5 Å². The lowest BCUT2D eigenvalue weighted by molar-refractivity contribution is -0.134. The minimum atomic E-state index is -3.73. The summed E-state index contributed by atoms with van der Waals surface area (Å²) < 4.78 is 55.3. The van der Waals surface area contributed by atoms with E-state index < -0.39 is 27.6 Å². The van der Waals surface area contributed by atoms with Gasteiger partial charge >= 0.3 is 0 Å². The summed E-state index contributed by atoms with van der Waals surface area (Å²) >= 11 is 0. The lowest BCUT2D eigenvalue weighted by Crippen LogP contribution is -2.49. The first kappa shape index (κ1) is 44.6. The van der Waals surface area contributed by atoms with Gasteiger partial charge in [0.05, 0.1) is 16.4 Å². The van der Waals surface area contributed by atoms with Gasteiger partial charge in [-0.25, -0.2) is 22.2 Å². The molecule has 1 atom stereocenters. The Balaban J connectivity index is 0.000000838. The SMILES string of the molecule is CC1CCCC1.O=C1CCC(c2ccc(N3CCC(CN4CCN(c5cccc(S(=O)(=O)N6CCC(Nc7ncc8cc(C(F)F)c(=O)[nH]c8n7)CC6)c5)CC4)CC3)cc2)C(=O)N1. The minimum absolute atomic E-state index is 0.109. The van der Waals surface area contributed by atoms with Crippen molar-refractivity contribution in [2.45, 2.75) is 94.4 Å². The van der Waals surface area contributed by atoms with Gasteiger partial charge in [0.25, 0.3) is 12.0 Å². The number of fused-ring (bicyclic) bond motifs is 1. The summed E-state index contributed by atoms with van der Waals surface area (Å²) in [5.74, 6) is 1.21. The Hall–Kier alpha value is -5.00. The zero-order valence-corrected chi connectivity index (χ0v) is 36.8. The van der Waals surface area contributed by atoms with Gasteiger partial charge in [0, 0.05) is 94.3 Å². The Labute approximate surface area is 367 Å². The number of piperidine rings is 3. The van der Waals surface area contributed by atoms with Gasteiger partial charge in [-0.2, -0.15) is 9.29 Å². The number of carbonyl (C=O) groups excluding carboxylic acids is 2. The Morgan fingerprint density at radius 3 is 2.16 bits per heavy atom. The molecule has 1 aliphatic carbocycles. The Kier molecular flexibility index (Phi) is 14.0. The first-order chi connectivity index (χ1) is 30.4. The Morgan fingerprint density at radius 2 is 1.51 bits per heavy atom. The van der Waals surface area contributed by atoms with Crippen molar-refractivity contribution in [2.75, 3.05) is 74.0 Å². The molecule has 4 saturated heterocycles. The third kappa shape index (κ3) is 10.9. The van der Waals surface area contributed by atoms with Crippen molar-refractivity contribution in [2.24, 2.45) is 11.8 Å². The van der Waals surface area contributed by atoms with E-state index in [2.05, 4.69) is 59.3 Å². The number of aromatic amines is 1. The molecular weight excluding hydrogens is 829 g/mol. The number of rotatable bonds is 10. The second-order valence-corrected chi connectivity index (χ2v) is 19.8. The molecule has 17 heteroatoms. The largest absolute Gasteiger partial charge is 0.372 e.